The van der Waals surface area contributed by atoms with Crippen LogP contribution in [0.15, 0.2) is 24.3 Å². The van der Waals surface area contributed by atoms with Gasteiger partial charge in [-0.2, -0.15) is 4.37 Å². The molecule has 9 nitrogen and oxygen atoms in total. The van der Waals surface area contributed by atoms with E-state index in [9.17, 15) is 14.4 Å². The minimum absolute atomic E-state index is 0.00209. The van der Waals surface area contributed by atoms with Crippen molar-refractivity contribution in [3.05, 3.63) is 40.4 Å². The first-order valence-electron chi connectivity index (χ1n) is 9.18. The Hall–Kier alpha value is -2.98. The van der Waals surface area contributed by atoms with Gasteiger partial charge < -0.3 is 21.5 Å². The largest absolute Gasteiger partial charge is 0.395 e. The maximum Gasteiger partial charge on any atom is 0.272 e. The number of nitrogens with zero attached hydrogens (tertiary/aromatic N) is 2. The number of nitrogens with two attached hydrogens (primary N) is 2. The molecule has 3 rings (SSSR count). The van der Waals surface area contributed by atoms with Crippen LogP contribution in [0.1, 0.15) is 38.6 Å². The number of primary amides is 1. The van der Waals surface area contributed by atoms with Gasteiger partial charge in [0.25, 0.3) is 11.8 Å². The molecule has 154 valence electrons. The fourth-order valence-electron chi connectivity index (χ4n) is 2.99. The number of amides is 3. The zero-order chi connectivity index (χ0) is 21.0. The quantitative estimate of drug-likeness (QED) is 0.615. The number of hydrogen-bond acceptors (Lipinski definition) is 7. The zero-order valence-electron chi connectivity index (χ0n) is 16.0. The molecule has 1 aromatic heterocycles. The van der Waals surface area contributed by atoms with E-state index in [0.717, 1.165) is 29.9 Å². The number of aryl methyl sites for hydroxylation is 1. The second-order valence-electron chi connectivity index (χ2n) is 6.80. The Bertz CT molecular complexity index is 906. The van der Waals surface area contributed by atoms with Crippen molar-refractivity contribution in [1.29, 1.82) is 0 Å². The van der Waals surface area contributed by atoms with Crippen LogP contribution in [0, 0.1) is 6.92 Å². The molecule has 1 aliphatic heterocycles. The van der Waals surface area contributed by atoms with E-state index >= 15 is 0 Å². The SMILES string of the molecule is Cc1ccc(N(CC(=O)NC[C@@H]2CCCO2)C(=O)c2snc(C(N)=O)c2N)cc1. The van der Waals surface area contributed by atoms with E-state index in [2.05, 4.69) is 9.69 Å². The van der Waals surface area contributed by atoms with Gasteiger partial charge >= 0.3 is 0 Å². The molecule has 5 N–H and O–H groups in total. The Balaban J connectivity index is 1.80. The number of carbonyl (C=O) groups excluding carboxylic acids is 3. The van der Waals surface area contributed by atoms with Crippen LogP contribution in [0.4, 0.5) is 11.4 Å². The number of ether oxygens (including phenoxy) is 1. The molecule has 0 radical (unpaired) electrons. The Morgan fingerprint density at radius 2 is 2.03 bits per heavy atom. The molecule has 0 spiro atoms. The number of carbonyl (C=O) groups is 3. The number of aromatic nitrogens is 1. The molecule has 29 heavy (non-hydrogen) atoms. The van der Waals surface area contributed by atoms with Crippen molar-refractivity contribution in [3.63, 3.8) is 0 Å². The summed E-state index contributed by atoms with van der Waals surface area (Å²) >= 11 is 0.781. The van der Waals surface area contributed by atoms with E-state index in [-0.39, 0.29) is 34.8 Å². The van der Waals surface area contributed by atoms with Crippen LogP contribution in [0.3, 0.4) is 0 Å². The summed E-state index contributed by atoms with van der Waals surface area (Å²) in [6.45, 7) is 2.80. The van der Waals surface area contributed by atoms with Crippen molar-refractivity contribution in [1.82, 2.24) is 9.69 Å². The lowest BCUT2D eigenvalue weighted by Gasteiger charge is -2.22. The first-order valence-corrected chi connectivity index (χ1v) is 9.96. The lowest BCUT2D eigenvalue weighted by molar-refractivity contribution is -0.120. The fourth-order valence-corrected chi connectivity index (χ4v) is 3.74. The van der Waals surface area contributed by atoms with Gasteiger partial charge in [-0.1, -0.05) is 17.7 Å². The Morgan fingerprint density at radius 1 is 1.31 bits per heavy atom. The number of hydrogen-bond donors (Lipinski definition) is 3. The Morgan fingerprint density at radius 3 is 2.62 bits per heavy atom. The van der Waals surface area contributed by atoms with Crippen LogP contribution < -0.4 is 21.7 Å². The highest BCUT2D eigenvalue weighted by Gasteiger charge is 2.27. The summed E-state index contributed by atoms with van der Waals surface area (Å²) in [6.07, 6.45) is 1.87. The lowest BCUT2D eigenvalue weighted by Crippen LogP contribution is -2.42. The van der Waals surface area contributed by atoms with Gasteiger partial charge in [0.05, 0.1) is 11.8 Å². The van der Waals surface area contributed by atoms with E-state index in [1.807, 2.05) is 19.1 Å². The van der Waals surface area contributed by atoms with Gasteiger partial charge in [0.15, 0.2) is 5.69 Å². The first kappa shape index (κ1) is 20.7. The second-order valence-corrected chi connectivity index (χ2v) is 7.58. The van der Waals surface area contributed by atoms with Gasteiger partial charge in [0, 0.05) is 18.8 Å². The highest BCUT2D eigenvalue weighted by molar-refractivity contribution is 7.09. The predicted molar refractivity (Wildman–Crippen MR) is 110 cm³/mol. The van der Waals surface area contributed by atoms with Crippen molar-refractivity contribution in [3.8, 4) is 0 Å². The maximum absolute atomic E-state index is 13.1. The zero-order valence-corrected chi connectivity index (χ0v) is 16.8. The highest BCUT2D eigenvalue weighted by atomic mass is 32.1. The number of nitrogens with one attached hydrogen (secondary N) is 1. The van der Waals surface area contributed by atoms with E-state index in [1.54, 1.807) is 12.1 Å². The molecule has 1 atom stereocenters. The second kappa shape index (κ2) is 9.01. The van der Waals surface area contributed by atoms with Gasteiger partial charge in [-0.25, -0.2) is 0 Å². The molecule has 1 saturated heterocycles. The minimum atomic E-state index is -0.811. The molecule has 1 fully saturated rings. The highest BCUT2D eigenvalue weighted by Crippen LogP contribution is 2.26. The van der Waals surface area contributed by atoms with Crippen LogP contribution in [-0.4, -0.2) is 47.9 Å². The summed E-state index contributed by atoms with van der Waals surface area (Å²) in [4.78, 5) is 38.4. The first-order chi connectivity index (χ1) is 13.9. The molecular weight excluding hydrogens is 394 g/mol. The van der Waals surface area contributed by atoms with Crippen LogP contribution in [-0.2, 0) is 9.53 Å². The number of rotatable bonds is 7. The van der Waals surface area contributed by atoms with E-state index in [1.165, 1.54) is 4.90 Å². The van der Waals surface area contributed by atoms with Gasteiger partial charge in [-0.3, -0.25) is 19.3 Å². The molecule has 0 bridgehead atoms. The summed E-state index contributed by atoms with van der Waals surface area (Å²) < 4.78 is 9.37. The molecule has 2 heterocycles. The smallest absolute Gasteiger partial charge is 0.272 e. The summed E-state index contributed by atoms with van der Waals surface area (Å²) in [7, 11) is 0. The lowest BCUT2D eigenvalue weighted by atomic mass is 10.2. The monoisotopic (exact) mass is 417 g/mol. The summed E-state index contributed by atoms with van der Waals surface area (Å²) in [5, 5.41) is 2.81. The maximum atomic E-state index is 13.1. The molecule has 10 heteroatoms. The molecule has 0 aliphatic carbocycles. The Labute approximate surface area is 172 Å². The summed E-state index contributed by atoms with van der Waals surface area (Å²) in [5.41, 5.74) is 12.4. The number of nitrogen functional groups attached to an aromatic ring is 1. The molecule has 3 amide bonds. The third-order valence-corrected chi connectivity index (χ3v) is 5.45. The third kappa shape index (κ3) is 4.90. The predicted octanol–water partition coefficient (Wildman–Crippen LogP) is 1.07. The van der Waals surface area contributed by atoms with Gasteiger partial charge in [-0.05, 0) is 43.4 Å². The van der Waals surface area contributed by atoms with Crippen molar-refractivity contribution < 1.29 is 19.1 Å². The van der Waals surface area contributed by atoms with Gasteiger partial charge in [-0.15, -0.1) is 0 Å². The van der Waals surface area contributed by atoms with Crippen LogP contribution in [0.5, 0.6) is 0 Å². The van der Waals surface area contributed by atoms with Gasteiger partial charge in [0.2, 0.25) is 5.91 Å². The van der Waals surface area contributed by atoms with Crippen LogP contribution >= 0.6 is 11.5 Å². The minimum Gasteiger partial charge on any atom is -0.395 e. The van der Waals surface area contributed by atoms with E-state index in [4.69, 9.17) is 16.2 Å². The van der Waals surface area contributed by atoms with Crippen LogP contribution in [0.2, 0.25) is 0 Å². The molecule has 1 aromatic carbocycles. The topological polar surface area (TPSA) is 141 Å². The van der Waals surface area contributed by atoms with E-state index < -0.39 is 11.8 Å². The van der Waals surface area contributed by atoms with Crippen molar-refractivity contribution >= 4 is 40.6 Å². The molecular formula is C19H23N5O4S. The van der Waals surface area contributed by atoms with Crippen molar-refractivity contribution in [2.75, 3.05) is 30.3 Å². The number of benzene rings is 1. The number of anilines is 2. The standard InChI is InChI=1S/C19H23N5O4S/c1-11-4-6-12(7-5-11)24(10-14(25)22-9-13-3-2-8-28-13)19(27)17-15(20)16(18(21)26)23-29-17/h4-7,13H,2-3,8-10,20H2,1H3,(H2,21,26)(H,22,25)/t13-/m0/s1. The fraction of sp³-hybridized carbons (Fsp3) is 0.368. The molecule has 2 aromatic rings. The average molecular weight is 417 g/mol. The summed E-state index contributed by atoms with van der Waals surface area (Å²) in [6, 6.07) is 7.16. The van der Waals surface area contributed by atoms with Gasteiger partial charge in [0.1, 0.15) is 11.4 Å². The molecule has 1 aliphatic rings. The molecule has 0 unspecified atom stereocenters. The normalized spacial score (nSPS) is 15.8. The Kier molecular flexibility index (Phi) is 6.45. The summed E-state index contributed by atoms with van der Waals surface area (Å²) in [5.74, 6) is -1.66. The van der Waals surface area contributed by atoms with Crippen molar-refractivity contribution in [2.24, 2.45) is 5.73 Å². The van der Waals surface area contributed by atoms with Crippen molar-refractivity contribution in [2.45, 2.75) is 25.9 Å². The van der Waals surface area contributed by atoms with Crippen LogP contribution in [0.25, 0.3) is 0 Å². The van der Waals surface area contributed by atoms with E-state index in [0.29, 0.717) is 18.8 Å². The molecule has 0 saturated carbocycles. The average Bonchev–Trinajstić information content (AvgIpc) is 3.34. The third-order valence-electron chi connectivity index (χ3n) is 4.60.